The minimum absolute atomic E-state index is 0.404. The van der Waals surface area contributed by atoms with Gasteiger partial charge in [0, 0.05) is 29.7 Å². The summed E-state index contributed by atoms with van der Waals surface area (Å²) in [5.41, 5.74) is 1.92. The number of aliphatic carboxylic acids is 1. The number of nitrogens with zero attached hydrogens (tertiary/aromatic N) is 2. The first kappa shape index (κ1) is 14.8. The Labute approximate surface area is 123 Å². The molecule has 0 amide bonds. The van der Waals surface area contributed by atoms with Gasteiger partial charge >= 0.3 is 5.97 Å². The van der Waals surface area contributed by atoms with E-state index in [0.717, 1.165) is 16.5 Å². The Kier molecular flexibility index (Phi) is 4.57. The molecule has 0 radical (unpaired) electrons. The highest BCUT2D eigenvalue weighted by atomic mass is 35.5. The van der Waals surface area contributed by atoms with Crippen LogP contribution in [0.25, 0.3) is 10.9 Å². The molecule has 1 atom stereocenters. The highest BCUT2D eigenvalue weighted by Crippen LogP contribution is 2.23. The quantitative estimate of drug-likeness (QED) is 0.920. The maximum atomic E-state index is 10.9. The molecule has 0 fully saturated rings. The average Bonchev–Trinajstić information content (AvgIpc) is 2.38. The number of pyridine rings is 1. The first-order valence-electron chi connectivity index (χ1n) is 6.42. The first-order valence-corrected chi connectivity index (χ1v) is 6.79. The Bertz CT molecular complexity index is 630. The van der Waals surface area contributed by atoms with Crippen LogP contribution in [0, 0.1) is 5.92 Å². The van der Waals surface area contributed by atoms with Crippen molar-refractivity contribution in [3.8, 4) is 0 Å². The average molecular weight is 293 g/mol. The zero-order valence-corrected chi connectivity index (χ0v) is 12.3. The maximum absolute atomic E-state index is 10.9. The first-order chi connectivity index (χ1) is 9.47. The molecule has 1 N–H and O–H groups in total. The van der Waals surface area contributed by atoms with Gasteiger partial charge in [0.15, 0.2) is 0 Å². The van der Waals surface area contributed by atoms with Gasteiger partial charge in [-0.3, -0.25) is 9.78 Å². The lowest BCUT2D eigenvalue weighted by atomic mass is 10.1. The van der Waals surface area contributed by atoms with Crippen LogP contribution in [-0.4, -0.2) is 34.6 Å². The molecule has 20 heavy (non-hydrogen) atoms. The second kappa shape index (κ2) is 6.20. The highest BCUT2D eigenvalue weighted by Gasteiger charge is 2.15. The summed E-state index contributed by atoms with van der Waals surface area (Å²) in [6, 6.07) is 7.61. The van der Waals surface area contributed by atoms with Gasteiger partial charge in [0.25, 0.3) is 0 Å². The lowest BCUT2D eigenvalue weighted by Crippen LogP contribution is -2.28. The van der Waals surface area contributed by atoms with Crippen molar-refractivity contribution in [3.63, 3.8) is 0 Å². The molecule has 0 spiro atoms. The fraction of sp³-hybridized carbons (Fsp3) is 0.333. The Morgan fingerprint density at radius 3 is 2.95 bits per heavy atom. The van der Waals surface area contributed by atoms with E-state index in [9.17, 15) is 4.79 Å². The van der Waals surface area contributed by atoms with Gasteiger partial charge in [-0.2, -0.15) is 0 Å². The molecule has 0 aliphatic rings. The summed E-state index contributed by atoms with van der Waals surface area (Å²) in [7, 11) is 1.90. The van der Waals surface area contributed by atoms with Crippen LogP contribution in [0.4, 0.5) is 0 Å². The van der Waals surface area contributed by atoms with Crippen molar-refractivity contribution in [2.24, 2.45) is 5.92 Å². The van der Waals surface area contributed by atoms with Crippen LogP contribution in [0.3, 0.4) is 0 Å². The zero-order chi connectivity index (χ0) is 14.7. The van der Waals surface area contributed by atoms with E-state index < -0.39 is 11.9 Å². The minimum atomic E-state index is -0.786. The summed E-state index contributed by atoms with van der Waals surface area (Å²) < 4.78 is 0. The number of halogens is 1. The van der Waals surface area contributed by atoms with Crippen molar-refractivity contribution in [1.29, 1.82) is 0 Å². The molecule has 2 aromatic rings. The van der Waals surface area contributed by atoms with Crippen LogP contribution in [0.2, 0.25) is 5.02 Å². The zero-order valence-electron chi connectivity index (χ0n) is 11.5. The molecule has 1 aromatic carbocycles. The van der Waals surface area contributed by atoms with E-state index in [1.54, 1.807) is 13.1 Å². The van der Waals surface area contributed by atoms with Crippen molar-refractivity contribution >= 4 is 28.5 Å². The molecule has 0 aliphatic heterocycles. The largest absolute Gasteiger partial charge is 0.481 e. The van der Waals surface area contributed by atoms with E-state index in [-0.39, 0.29) is 0 Å². The second-order valence-electron chi connectivity index (χ2n) is 5.08. The van der Waals surface area contributed by atoms with E-state index in [0.29, 0.717) is 18.1 Å². The van der Waals surface area contributed by atoms with Gasteiger partial charge in [0.05, 0.1) is 11.4 Å². The molecule has 1 heterocycles. The summed E-state index contributed by atoms with van der Waals surface area (Å²) in [5, 5.41) is 10.6. The van der Waals surface area contributed by atoms with Crippen LogP contribution in [-0.2, 0) is 11.3 Å². The summed E-state index contributed by atoms with van der Waals surface area (Å²) in [4.78, 5) is 17.3. The summed E-state index contributed by atoms with van der Waals surface area (Å²) in [5.74, 6) is -1.19. The lowest BCUT2D eigenvalue weighted by molar-refractivity contribution is -0.141. The Balaban J connectivity index is 2.23. The van der Waals surface area contributed by atoms with E-state index in [1.807, 2.05) is 36.2 Å². The van der Waals surface area contributed by atoms with Gasteiger partial charge in [-0.1, -0.05) is 24.6 Å². The van der Waals surface area contributed by atoms with Crippen LogP contribution in [0.15, 0.2) is 30.5 Å². The molecule has 1 unspecified atom stereocenters. The number of fused-ring (bicyclic) bond motifs is 1. The van der Waals surface area contributed by atoms with Crippen LogP contribution in [0.5, 0.6) is 0 Å². The number of carbonyl (C=O) groups is 1. The number of benzene rings is 1. The SMILES string of the molecule is CC(CN(C)Cc1cc(Cl)cc2cccnc12)C(=O)O. The fourth-order valence-electron chi connectivity index (χ4n) is 2.25. The Hall–Kier alpha value is -1.65. The number of carboxylic acid groups (broad SMARTS) is 1. The molecule has 0 bridgehead atoms. The topological polar surface area (TPSA) is 53.4 Å². The second-order valence-corrected chi connectivity index (χ2v) is 5.51. The molecule has 4 nitrogen and oxygen atoms in total. The number of hydrogen-bond acceptors (Lipinski definition) is 3. The molecule has 0 aliphatic carbocycles. The van der Waals surface area contributed by atoms with Crippen molar-refractivity contribution in [2.75, 3.05) is 13.6 Å². The van der Waals surface area contributed by atoms with E-state index in [4.69, 9.17) is 16.7 Å². The summed E-state index contributed by atoms with van der Waals surface area (Å²) >= 11 is 6.12. The molecule has 5 heteroatoms. The molecule has 0 saturated carbocycles. The van der Waals surface area contributed by atoms with Crippen LogP contribution in [0.1, 0.15) is 12.5 Å². The van der Waals surface area contributed by atoms with Crippen molar-refractivity contribution in [3.05, 3.63) is 41.0 Å². The van der Waals surface area contributed by atoms with E-state index in [1.165, 1.54) is 0 Å². The monoisotopic (exact) mass is 292 g/mol. The van der Waals surface area contributed by atoms with E-state index >= 15 is 0 Å². The maximum Gasteiger partial charge on any atom is 0.307 e. The highest BCUT2D eigenvalue weighted by molar-refractivity contribution is 6.31. The summed E-state index contributed by atoms with van der Waals surface area (Å²) in [6.07, 6.45) is 1.75. The molecule has 106 valence electrons. The van der Waals surface area contributed by atoms with E-state index in [2.05, 4.69) is 4.98 Å². The predicted octanol–water partition coefficient (Wildman–Crippen LogP) is 3.04. The van der Waals surface area contributed by atoms with Gasteiger partial charge in [-0.15, -0.1) is 0 Å². The third-order valence-corrected chi connectivity index (χ3v) is 3.41. The van der Waals surface area contributed by atoms with Crippen molar-refractivity contribution in [1.82, 2.24) is 9.88 Å². The third kappa shape index (κ3) is 3.46. The Morgan fingerprint density at radius 2 is 2.25 bits per heavy atom. The van der Waals surface area contributed by atoms with Crippen molar-refractivity contribution < 1.29 is 9.90 Å². The van der Waals surface area contributed by atoms with Gasteiger partial charge in [-0.25, -0.2) is 0 Å². The van der Waals surface area contributed by atoms with Crippen LogP contribution >= 0.6 is 11.6 Å². The molecule has 2 rings (SSSR count). The van der Waals surface area contributed by atoms with Gasteiger partial charge in [-0.05, 0) is 30.8 Å². The minimum Gasteiger partial charge on any atom is -0.481 e. The van der Waals surface area contributed by atoms with Crippen LogP contribution < -0.4 is 0 Å². The fourth-order valence-corrected chi connectivity index (χ4v) is 2.50. The lowest BCUT2D eigenvalue weighted by Gasteiger charge is -2.19. The number of rotatable bonds is 5. The van der Waals surface area contributed by atoms with Gasteiger partial charge in [0.2, 0.25) is 0 Å². The van der Waals surface area contributed by atoms with Crippen molar-refractivity contribution in [2.45, 2.75) is 13.5 Å². The molecular formula is C15H17ClN2O2. The third-order valence-electron chi connectivity index (χ3n) is 3.20. The molecule has 0 saturated heterocycles. The standard InChI is InChI=1S/C15H17ClN2O2/c1-10(15(19)20)8-18(2)9-12-7-13(16)6-11-4-3-5-17-14(11)12/h3-7,10H,8-9H2,1-2H3,(H,19,20). The molecule has 1 aromatic heterocycles. The van der Waals surface area contributed by atoms with Gasteiger partial charge in [0.1, 0.15) is 0 Å². The number of aromatic nitrogens is 1. The number of hydrogen-bond donors (Lipinski definition) is 1. The normalized spacial score (nSPS) is 12.8. The number of carboxylic acids is 1. The summed E-state index contributed by atoms with van der Waals surface area (Å²) in [6.45, 7) is 2.80. The smallest absolute Gasteiger partial charge is 0.307 e. The van der Waals surface area contributed by atoms with Gasteiger partial charge < -0.3 is 10.0 Å². The molecular weight excluding hydrogens is 276 g/mol. The Morgan fingerprint density at radius 1 is 1.50 bits per heavy atom. The predicted molar refractivity (Wildman–Crippen MR) is 79.9 cm³/mol.